The van der Waals surface area contributed by atoms with Gasteiger partial charge in [-0.15, -0.1) is 0 Å². The van der Waals surface area contributed by atoms with Crippen LogP contribution in [0.4, 0.5) is 0 Å². The smallest absolute Gasteiger partial charge is 0.253 e. The molecule has 0 aliphatic heterocycles. The molecule has 5 heteroatoms. The fourth-order valence-corrected chi connectivity index (χ4v) is 2.82. The third kappa shape index (κ3) is 4.41. The van der Waals surface area contributed by atoms with Gasteiger partial charge in [-0.25, -0.2) is 9.97 Å². The molecule has 0 radical (unpaired) electrons. The van der Waals surface area contributed by atoms with Crippen molar-refractivity contribution >= 4 is 5.91 Å². The van der Waals surface area contributed by atoms with E-state index < -0.39 is 0 Å². The predicted molar refractivity (Wildman–Crippen MR) is 87.0 cm³/mol. The van der Waals surface area contributed by atoms with Crippen molar-refractivity contribution in [2.24, 2.45) is 5.41 Å². The Bertz CT molecular complexity index is 622. The Kier molecular flexibility index (Phi) is 4.35. The molecule has 0 spiro atoms. The summed E-state index contributed by atoms with van der Waals surface area (Å²) in [6.45, 7) is 10.6. The summed E-state index contributed by atoms with van der Waals surface area (Å²) >= 11 is 0. The van der Waals surface area contributed by atoms with Gasteiger partial charge in [0.1, 0.15) is 12.1 Å². The zero-order valence-corrected chi connectivity index (χ0v) is 13.9. The minimum Gasteiger partial charge on any atom is -0.347 e. The Hall–Kier alpha value is -2.17. The standard InChI is InChI=1S/C17H24N4O/c1-16(2,3)11-17(4,5)20-15(22)13-6-7-14(19-10-13)21-9-8-18-12-21/h6-10,12H,11H2,1-5H3,(H,20,22). The van der Waals surface area contributed by atoms with Crippen LogP contribution in [0.3, 0.4) is 0 Å². The second kappa shape index (κ2) is 5.91. The van der Waals surface area contributed by atoms with E-state index in [-0.39, 0.29) is 16.9 Å². The van der Waals surface area contributed by atoms with Gasteiger partial charge in [-0.3, -0.25) is 9.36 Å². The zero-order valence-electron chi connectivity index (χ0n) is 13.9. The lowest BCUT2D eigenvalue weighted by atomic mass is 9.81. The van der Waals surface area contributed by atoms with Crippen molar-refractivity contribution in [2.45, 2.75) is 46.6 Å². The molecule has 2 aromatic heterocycles. The van der Waals surface area contributed by atoms with Crippen LogP contribution in [0.25, 0.3) is 5.82 Å². The molecule has 0 aliphatic rings. The van der Waals surface area contributed by atoms with E-state index in [1.54, 1.807) is 29.4 Å². The van der Waals surface area contributed by atoms with Crippen LogP contribution in [0.5, 0.6) is 0 Å². The molecule has 0 aliphatic carbocycles. The number of carbonyl (C=O) groups is 1. The molecule has 0 aromatic carbocycles. The SMILES string of the molecule is CC(C)(C)CC(C)(C)NC(=O)c1ccc(-n2ccnc2)nc1. The normalized spacial score (nSPS) is 12.2. The van der Waals surface area contributed by atoms with Gasteiger partial charge in [0.2, 0.25) is 0 Å². The summed E-state index contributed by atoms with van der Waals surface area (Å²) in [5.74, 6) is 0.641. The molecule has 118 valence electrons. The molecule has 2 rings (SSSR count). The fraction of sp³-hybridized carbons (Fsp3) is 0.471. The van der Waals surface area contributed by atoms with Crippen molar-refractivity contribution in [3.05, 3.63) is 42.6 Å². The van der Waals surface area contributed by atoms with E-state index in [9.17, 15) is 4.79 Å². The minimum atomic E-state index is -0.266. The molecule has 0 fully saturated rings. The highest BCUT2D eigenvalue weighted by Crippen LogP contribution is 2.27. The number of aromatic nitrogens is 3. The molecule has 0 unspecified atom stereocenters. The average molecular weight is 300 g/mol. The third-order valence-electron chi connectivity index (χ3n) is 3.20. The van der Waals surface area contributed by atoms with E-state index in [1.807, 2.05) is 26.1 Å². The van der Waals surface area contributed by atoms with Gasteiger partial charge in [0.15, 0.2) is 0 Å². The summed E-state index contributed by atoms with van der Waals surface area (Å²) in [6.07, 6.45) is 7.67. The van der Waals surface area contributed by atoms with E-state index in [0.717, 1.165) is 12.2 Å². The maximum atomic E-state index is 12.4. The van der Waals surface area contributed by atoms with Gasteiger partial charge >= 0.3 is 0 Å². The summed E-state index contributed by atoms with van der Waals surface area (Å²) < 4.78 is 1.80. The lowest BCUT2D eigenvalue weighted by Crippen LogP contribution is -2.45. The summed E-state index contributed by atoms with van der Waals surface area (Å²) in [6, 6.07) is 3.60. The maximum Gasteiger partial charge on any atom is 0.253 e. The van der Waals surface area contributed by atoms with Crippen molar-refractivity contribution in [1.29, 1.82) is 0 Å². The Morgan fingerprint density at radius 3 is 2.45 bits per heavy atom. The Morgan fingerprint density at radius 1 is 1.23 bits per heavy atom. The highest BCUT2D eigenvalue weighted by molar-refractivity contribution is 5.94. The van der Waals surface area contributed by atoms with E-state index in [1.165, 1.54) is 0 Å². The number of nitrogens with zero attached hydrogens (tertiary/aromatic N) is 3. The molecule has 2 heterocycles. The first kappa shape index (κ1) is 16.2. The van der Waals surface area contributed by atoms with E-state index in [2.05, 4.69) is 36.1 Å². The molecule has 1 amide bonds. The summed E-state index contributed by atoms with van der Waals surface area (Å²) in [5, 5.41) is 3.09. The van der Waals surface area contributed by atoms with E-state index >= 15 is 0 Å². The molecule has 0 saturated heterocycles. The maximum absolute atomic E-state index is 12.4. The van der Waals surface area contributed by atoms with Gasteiger partial charge in [-0.2, -0.15) is 0 Å². The van der Waals surface area contributed by atoms with Crippen LogP contribution in [0.2, 0.25) is 0 Å². The van der Waals surface area contributed by atoms with Crippen LogP contribution in [0.15, 0.2) is 37.1 Å². The van der Waals surface area contributed by atoms with Gasteiger partial charge in [-0.1, -0.05) is 20.8 Å². The number of carbonyl (C=O) groups excluding carboxylic acids is 1. The van der Waals surface area contributed by atoms with Gasteiger partial charge < -0.3 is 5.32 Å². The second-order valence-corrected chi connectivity index (χ2v) is 7.45. The topological polar surface area (TPSA) is 59.8 Å². The molecule has 1 N–H and O–H groups in total. The van der Waals surface area contributed by atoms with Crippen LogP contribution in [0, 0.1) is 5.41 Å². The monoisotopic (exact) mass is 300 g/mol. The Balaban J connectivity index is 2.07. The van der Waals surface area contributed by atoms with Gasteiger partial charge in [0.05, 0.1) is 5.56 Å². The average Bonchev–Trinajstić information content (AvgIpc) is 2.89. The van der Waals surface area contributed by atoms with Crippen molar-refractivity contribution in [2.75, 3.05) is 0 Å². The molecule has 0 saturated carbocycles. The van der Waals surface area contributed by atoms with Crippen LogP contribution in [0.1, 0.15) is 51.4 Å². The molecule has 0 bridgehead atoms. The molecular formula is C17H24N4O. The van der Waals surface area contributed by atoms with Crippen LogP contribution in [-0.4, -0.2) is 26.0 Å². The summed E-state index contributed by atoms with van der Waals surface area (Å²) in [7, 11) is 0. The lowest BCUT2D eigenvalue weighted by molar-refractivity contribution is 0.0891. The Labute approximate surface area is 131 Å². The fourth-order valence-electron chi connectivity index (χ4n) is 2.82. The Morgan fingerprint density at radius 2 is 1.95 bits per heavy atom. The largest absolute Gasteiger partial charge is 0.347 e. The van der Waals surface area contributed by atoms with Crippen molar-refractivity contribution in [3.63, 3.8) is 0 Å². The second-order valence-electron chi connectivity index (χ2n) is 7.45. The van der Waals surface area contributed by atoms with E-state index in [0.29, 0.717) is 5.56 Å². The lowest BCUT2D eigenvalue weighted by Gasteiger charge is -2.33. The molecule has 5 nitrogen and oxygen atoms in total. The first-order valence-corrected chi connectivity index (χ1v) is 7.43. The molecule has 22 heavy (non-hydrogen) atoms. The zero-order chi connectivity index (χ0) is 16.4. The molecular weight excluding hydrogens is 276 g/mol. The number of imidazole rings is 1. The molecule has 0 atom stereocenters. The van der Waals surface area contributed by atoms with Crippen LogP contribution in [-0.2, 0) is 0 Å². The van der Waals surface area contributed by atoms with Crippen LogP contribution < -0.4 is 5.32 Å². The first-order valence-electron chi connectivity index (χ1n) is 7.43. The van der Waals surface area contributed by atoms with Crippen molar-refractivity contribution < 1.29 is 4.79 Å². The van der Waals surface area contributed by atoms with Crippen LogP contribution >= 0.6 is 0 Å². The number of rotatable bonds is 4. The highest BCUT2D eigenvalue weighted by atomic mass is 16.1. The first-order chi connectivity index (χ1) is 10.2. The molecule has 2 aromatic rings. The predicted octanol–water partition coefficient (Wildman–Crippen LogP) is 3.21. The van der Waals surface area contributed by atoms with Gasteiger partial charge in [-0.05, 0) is 37.8 Å². The summed E-state index contributed by atoms with van der Waals surface area (Å²) in [5.41, 5.74) is 0.449. The third-order valence-corrected chi connectivity index (χ3v) is 3.20. The summed E-state index contributed by atoms with van der Waals surface area (Å²) in [4.78, 5) is 20.7. The number of pyridine rings is 1. The number of nitrogens with one attached hydrogen (secondary N) is 1. The minimum absolute atomic E-state index is 0.0982. The van der Waals surface area contributed by atoms with Gasteiger partial charge in [0, 0.05) is 24.1 Å². The number of amides is 1. The van der Waals surface area contributed by atoms with Gasteiger partial charge in [0.25, 0.3) is 5.91 Å². The van der Waals surface area contributed by atoms with E-state index in [4.69, 9.17) is 0 Å². The van der Waals surface area contributed by atoms with Crippen molar-refractivity contribution in [3.8, 4) is 5.82 Å². The number of hydrogen-bond donors (Lipinski definition) is 1. The number of hydrogen-bond acceptors (Lipinski definition) is 3. The quantitative estimate of drug-likeness (QED) is 0.943. The van der Waals surface area contributed by atoms with Crippen molar-refractivity contribution in [1.82, 2.24) is 19.9 Å². The highest BCUT2D eigenvalue weighted by Gasteiger charge is 2.27.